The molecule has 0 unspecified atom stereocenters. The van der Waals surface area contributed by atoms with Gasteiger partial charge in [0.25, 0.3) is 0 Å². The summed E-state index contributed by atoms with van der Waals surface area (Å²) in [5.74, 6) is 0.259. The van der Waals surface area contributed by atoms with Gasteiger partial charge >= 0.3 is 0 Å². The fraction of sp³-hybridized carbons (Fsp3) is 0.750. The zero-order valence-electron chi connectivity index (χ0n) is 7.52. The van der Waals surface area contributed by atoms with Gasteiger partial charge in [0.1, 0.15) is 0 Å². The quantitative estimate of drug-likeness (QED) is 0.543. The molecule has 0 aromatic rings. The molecule has 0 amide bonds. The van der Waals surface area contributed by atoms with Crippen LogP contribution >= 0.6 is 0 Å². The maximum absolute atomic E-state index is 7.31. The second-order valence-corrected chi connectivity index (χ2v) is 4.08. The van der Waals surface area contributed by atoms with Crippen LogP contribution in [0.1, 0.15) is 27.7 Å². The molecule has 1 aliphatic rings. The van der Waals surface area contributed by atoms with E-state index in [1.54, 1.807) is 0 Å². The van der Waals surface area contributed by atoms with Crippen LogP contribution in [-0.4, -0.2) is 17.7 Å². The lowest BCUT2D eigenvalue weighted by Crippen LogP contribution is -2.56. The van der Waals surface area contributed by atoms with Gasteiger partial charge < -0.3 is 5.32 Å². The molecular weight excluding hydrogens is 138 g/mol. The fourth-order valence-corrected chi connectivity index (χ4v) is 0.877. The monoisotopic (exact) mass is 153 g/mol. The fourth-order valence-electron chi connectivity index (χ4n) is 0.877. The zero-order valence-corrected chi connectivity index (χ0v) is 7.52. The molecule has 1 rings (SSSR count). The number of aliphatic imine (C=N–C) groups is 1. The standard InChI is InChI=1S/C8H15N3/c1-7(2)5-10-6(9)11-8(7,3)4/h5H,1-4H3,(H2,9,11). The van der Waals surface area contributed by atoms with Crippen LogP contribution in [0.15, 0.2) is 4.99 Å². The molecule has 0 bridgehead atoms. The first-order valence-corrected chi connectivity index (χ1v) is 3.77. The van der Waals surface area contributed by atoms with Crippen molar-refractivity contribution >= 4 is 12.2 Å². The highest BCUT2D eigenvalue weighted by Gasteiger charge is 2.38. The first-order chi connectivity index (χ1) is 4.85. The number of hydrogen-bond acceptors (Lipinski definition) is 1. The topological polar surface area (TPSA) is 48.2 Å². The van der Waals surface area contributed by atoms with Crippen LogP contribution in [0.3, 0.4) is 0 Å². The summed E-state index contributed by atoms with van der Waals surface area (Å²) in [6.07, 6.45) is 1.84. The van der Waals surface area contributed by atoms with Crippen molar-refractivity contribution in [3.05, 3.63) is 0 Å². The summed E-state index contributed by atoms with van der Waals surface area (Å²) in [6, 6.07) is 0. The Morgan fingerprint density at radius 1 is 1.36 bits per heavy atom. The van der Waals surface area contributed by atoms with E-state index in [0.717, 1.165) is 0 Å². The van der Waals surface area contributed by atoms with Gasteiger partial charge in [0.05, 0.1) is 0 Å². The molecule has 1 aliphatic heterocycles. The van der Waals surface area contributed by atoms with Gasteiger partial charge in [-0.1, -0.05) is 13.8 Å². The number of rotatable bonds is 0. The minimum Gasteiger partial charge on any atom is -0.349 e. The van der Waals surface area contributed by atoms with Crippen molar-refractivity contribution in [3.8, 4) is 0 Å². The van der Waals surface area contributed by atoms with Crippen LogP contribution in [0.4, 0.5) is 0 Å². The first-order valence-electron chi connectivity index (χ1n) is 3.77. The molecule has 11 heavy (non-hydrogen) atoms. The van der Waals surface area contributed by atoms with Crippen molar-refractivity contribution < 1.29 is 0 Å². The third kappa shape index (κ3) is 1.27. The smallest absolute Gasteiger partial charge is 0.215 e. The maximum atomic E-state index is 7.31. The van der Waals surface area contributed by atoms with E-state index < -0.39 is 0 Å². The van der Waals surface area contributed by atoms with Crippen molar-refractivity contribution in [2.75, 3.05) is 0 Å². The van der Waals surface area contributed by atoms with Crippen LogP contribution in [-0.2, 0) is 0 Å². The lowest BCUT2D eigenvalue weighted by atomic mass is 9.75. The SMILES string of the molecule is CC1(C)C=NC(=N)NC1(C)C. The highest BCUT2D eigenvalue weighted by molar-refractivity contribution is 5.91. The highest BCUT2D eigenvalue weighted by atomic mass is 15.2. The number of nitrogens with one attached hydrogen (secondary N) is 2. The van der Waals surface area contributed by atoms with Gasteiger partial charge in [-0.25, -0.2) is 4.99 Å². The van der Waals surface area contributed by atoms with Crippen LogP contribution in [0.2, 0.25) is 0 Å². The summed E-state index contributed by atoms with van der Waals surface area (Å²) in [5.41, 5.74) is -0.0661. The summed E-state index contributed by atoms with van der Waals surface area (Å²) in [4.78, 5) is 3.93. The Kier molecular flexibility index (Phi) is 1.54. The maximum Gasteiger partial charge on any atom is 0.215 e. The predicted molar refractivity (Wildman–Crippen MR) is 47.2 cm³/mol. The first kappa shape index (κ1) is 8.24. The van der Waals surface area contributed by atoms with Gasteiger partial charge in [-0.2, -0.15) is 0 Å². The summed E-state index contributed by atoms with van der Waals surface area (Å²) in [7, 11) is 0. The number of hydrogen-bond donors (Lipinski definition) is 2. The second-order valence-electron chi connectivity index (χ2n) is 4.08. The van der Waals surface area contributed by atoms with Crippen molar-refractivity contribution in [2.24, 2.45) is 10.4 Å². The molecule has 0 saturated heterocycles. The largest absolute Gasteiger partial charge is 0.349 e. The Bertz CT molecular complexity index is 213. The van der Waals surface area contributed by atoms with Gasteiger partial charge in [0, 0.05) is 17.2 Å². The van der Waals surface area contributed by atoms with E-state index in [1.807, 2.05) is 6.21 Å². The summed E-state index contributed by atoms with van der Waals surface area (Å²) in [5, 5.41) is 10.3. The van der Waals surface area contributed by atoms with E-state index in [4.69, 9.17) is 5.41 Å². The summed E-state index contributed by atoms with van der Waals surface area (Å²) < 4.78 is 0. The van der Waals surface area contributed by atoms with E-state index in [1.165, 1.54) is 0 Å². The van der Waals surface area contributed by atoms with Crippen molar-refractivity contribution in [3.63, 3.8) is 0 Å². The molecule has 3 heteroatoms. The molecule has 0 spiro atoms. The van der Waals surface area contributed by atoms with Crippen molar-refractivity contribution in [2.45, 2.75) is 33.2 Å². The molecule has 62 valence electrons. The molecule has 0 fully saturated rings. The molecule has 0 aromatic heterocycles. The molecule has 0 saturated carbocycles. The molecule has 1 heterocycles. The minimum atomic E-state index is -0.0775. The van der Waals surface area contributed by atoms with Crippen LogP contribution < -0.4 is 5.32 Å². The lowest BCUT2D eigenvalue weighted by molar-refractivity contribution is 0.265. The molecule has 0 radical (unpaired) electrons. The third-order valence-corrected chi connectivity index (χ3v) is 2.56. The van der Waals surface area contributed by atoms with E-state index in [9.17, 15) is 0 Å². The average Bonchev–Trinajstić information content (AvgIpc) is 1.80. The Morgan fingerprint density at radius 3 is 2.27 bits per heavy atom. The average molecular weight is 153 g/mol. The molecule has 0 aromatic carbocycles. The molecule has 0 atom stereocenters. The molecular formula is C8H15N3. The minimum absolute atomic E-state index is 0.0115. The van der Waals surface area contributed by atoms with Gasteiger partial charge in [-0.3, -0.25) is 5.41 Å². The van der Waals surface area contributed by atoms with Gasteiger partial charge in [0.2, 0.25) is 5.96 Å². The zero-order chi connectivity index (χ0) is 8.70. The van der Waals surface area contributed by atoms with E-state index in [2.05, 4.69) is 38.0 Å². The lowest BCUT2D eigenvalue weighted by Gasteiger charge is -2.42. The van der Waals surface area contributed by atoms with Gasteiger partial charge in [-0.05, 0) is 13.8 Å². The summed E-state index contributed by atoms with van der Waals surface area (Å²) in [6.45, 7) is 8.37. The van der Waals surface area contributed by atoms with Crippen molar-refractivity contribution in [1.29, 1.82) is 5.41 Å². The van der Waals surface area contributed by atoms with Crippen molar-refractivity contribution in [1.82, 2.24) is 5.32 Å². The third-order valence-electron chi connectivity index (χ3n) is 2.56. The molecule has 0 aliphatic carbocycles. The van der Waals surface area contributed by atoms with E-state index in [0.29, 0.717) is 0 Å². The van der Waals surface area contributed by atoms with Crippen LogP contribution in [0.5, 0.6) is 0 Å². The Hall–Kier alpha value is -0.860. The van der Waals surface area contributed by atoms with Crippen LogP contribution in [0.25, 0.3) is 0 Å². The highest BCUT2D eigenvalue weighted by Crippen LogP contribution is 2.30. The summed E-state index contributed by atoms with van der Waals surface area (Å²) >= 11 is 0. The molecule has 3 nitrogen and oxygen atoms in total. The van der Waals surface area contributed by atoms with Gasteiger partial charge in [-0.15, -0.1) is 0 Å². The second kappa shape index (κ2) is 2.06. The Labute approximate surface area is 67.4 Å². The van der Waals surface area contributed by atoms with E-state index >= 15 is 0 Å². The molecule has 2 N–H and O–H groups in total. The number of guanidine groups is 1. The number of nitrogens with zero attached hydrogens (tertiary/aromatic N) is 1. The van der Waals surface area contributed by atoms with Gasteiger partial charge in [0.15, 0.2) is 0 Å². The predicted octanol–water partition coefficient (Wildman–Crippen LogP) is 1.40. The Balaban J connectivity index is 3.00. The normalized spacial score (nSPS) is 26.4. The van der Waals surface area contributed by atoms with E-state index in [-0.39, 0.29) is 16.9 Å². The van der Waals surface area contributed by atoms with Crippen LogP contribution in [0, 0.1) is 10.8 Å². The Morgan fingerprint density at radius 2 is 1.91 bits per heavy atom.